The Balaban J connectivity index is 2.07. The summed E-state index contributed by atoms with van der Waals surface area (Å²) in [5, 5.41) is 3.38. The Bertz CT molecular complexity index is 414. The third-order valence-electron chi connectivity index (χ3n) is 4.21. The molecule has 2 unspecified atom stereocenters. The molecule has 2 atom stereocenters. The zero-order valence-electron chi connectivity index (χ0n) is 12.7. The van der Waals surface area contributed by atoms with E-state index < -0.39 is 0 Å². The van der Waals surface area contributed by atoms with Crippen molar-refractivity contribution in [3.8, 4) is 5.75 Å². The molecule has 1 aliphatic rings. The summed E-state index contributed by atoms with van der Waals surface area (Å²) < 4.78 is 6.27. The molecule has 19 heavy (non-hydrogen) atoms. The maximum absolute atomic E-state index is 6.27. The first-order valence-electron chi connectivity index (χ1n) is 7.54. The van der Waals surface area contributed by atoms with Crippen LogP contribution in [0.5, 0.6) is 5.75 Å². The molecule has 106 valence electrons. The van der Waals surface area contributed by atoms with Gasteiger partial charge in [0.25, 0.3) is 0 Å². The predicted molar refractivity (Wildman–Crippen MR) is 81.0 cm³/mol. The minimum Gasteiger partial charge on any atom is -0.490 e. The Morgan fingerprint density at radius 2 is 2.05 bits per heavy atom. The van der Waals surface area contributed by atoms with Crippen LogP contribution in [0.2, 0.25) is 0 Å². The zero-order chi connectivity index (χ0) is 13.8. The Morgan fingerprint density at radius 1 is 1.26 bits per heavy atom. The van der Waals surface area contributed by atoms with Crippen molar-refractivity contribution in [2.45, 2.75) is 64.5 Å². The van der Waals surface area contributed by atoms with Gasteiger partial charge in [0.1, 0.15) is 11.9 Å². The predicted octanol–water partition coefficient (Wildman–Crippen LogP) is 4.03. The van der Waals surface area contributed by atoms with E-state index in [0.29, 0.717) is 18.1 Å². The second kappa shape index (κ2) is 6.42. The summed E-state index contributed by atoms with van der Waals surface area (Å²) in [5.74, 6) is 1.63. The van der Waals surface area contributed by atoms with Crippen LogP contribution in [0.25, 0.3) is 0 Å². The van der Waals surface area contributed by atoms with Gasteiger partial charge in [0.15, 0.2) is 0 Å². The van der Waals surface area contributed by atoms with Crippen molar-refractivity contribution in [3.05, 3.63) is 29.3 Å². The average Bonchev–Trinajstić information content (AvgIpc) is 2.41. The van der Waals surface area contributed by atoms with Crippen molar-refractivity contribution < 1.29 is 4.74 Å². The number of hydrogen-bond donors (Lipinski definition) is 1. The highest BCUT2D eigenvalue weighted by Crippen LogP contribution is 2.28. The van der Waals surface area contributed by atoms with Crippen LogP contribution in [0.15, 0.2) is 18.2 Å². The van der Waals surface area contributed by atoms with E-state index in [1.54, 1.807) is 0 Å². The van der Waals surface area contributed by atoms with Crippen LogP contribution in [-0.2, 0) is 0 Å². The molecule has 0 bridgehead atoms. The lowest BCUT2D eigenvalue weighted by atomic mass is 9.93. The van der Waals surface area contributed by atoms with Gasteiger partial charge in [0, 0.05) is 6.04 Å². The lowest BCUT2D eigenvalue weighted by Crippen LogP contribution is -2.36. The van der Waals surface area contributed by atoms with Gasteiger partial charge in [0.2, 0.25) is 0 Å². The summed E-state index contributed by atoms with van der Waals surface area (Å²) in [6, 6.07) is 7.24. The molecule has 1 aliphatic carbocycles. The van der Waals surface area contributed by atoms with Crippen LogP contribution in [0.1, 0.15) is 56.6 Å². The number of rotatable bonds is 4. The van der Waals surface area contributed by atoms with Crippen LogP contribution in [0, 0.1) is 6.92 Å². The van der Waals surface area contributed by atoms with Gasteiger partial charge >= 0.3 is 0 Å². The lowest BCUT2D eigenvalue weighted by molar-refractivity contribution is 0.136. The normalized spacial score (nSPS) is 23.6. The van der Waals surface area contributed by atoms with E-state index in [1.165, 1.54) is 30.4 Å². The van der Waals surface area contributed by atoms with Gasteiger partial charge < -0.3 is 10.1 Å². The number of benzene rings is 1. The van der Waals surface area contributed by atoms with Crippen LogP contribution in [-0.4, -0.2) is 19.2 Å². The molecule has 0 aliphatic heterocycles. The highest BCUT2D eigenvalue weighted by molar-refractivity contribution is 5.38. The number of hydrogen-bond acceptors (Lipinski definition) is 2. The lowest BCUT2D eigenvalue weighted by Gasteiger charge is -2.30. The second-order valence-corrected chi connectivity index (χ2v) is 6.07. The summed E-state index contributed by atoms with van der Waals surface area (Å²) in [6.07, 6.45) is 5.22. The van der Waals surface area contributed by atoms with Gasteiger partial charge in [-0.05, 0) is 62.8 Å². The highest BCUT2D eigenvalue weighted by Gasteiger charge is 2.22. The number of ether oxygens (including phenoxy) is 1. The number of aryl methyl sites for hydroxylation is 1. The highest BCUT2D eigenvalue weighted by atomic mass is 16.5. The van der Waals surface area contributed by atoms with Crippen molar-refractivity contribution >= 4 is 0 Å². The molecule has 1 aromatic rings. The molecule has 2 rings (SSSR count). The van der Waals surface area contributed by atoms with Crippen molar-refractivity contribution in [1.29, 1.82) is 0 Å². The van der Waals surface area contributed by atoms with Crippen LogP contribution in [0.3, 0.4) is 0 Å². The fraction of sp³-hybridized carbons (Fsp3) is 0.647. The van der Waals surface area contributed by atoms with Crippen molar-refractivity contribution in [2.24, 2.45) is 0 Å². The molecule has 0 amide bonds. The fourth-order valence-electron chi connectivity index (χ4n) is 2.80. The zero-order valence-corrected chi connectivity index (χ0v) is 12.7. The second-order valence-electron chi connectivity index (χ2n) is 6.07. The van der Waals surface area contributed by atoms with E-state index in [0.717, 1.165) is 12.2 Å². The summed E-state index contributed by atoms with van der Waals surface area (Å²) in [5.41, 5.74) is 2.61. The molecule has 1 aromatic carbocycles. The number of nitrogens with one attached hydrogen (secondary N) is 1. The van der Waals surface area contributed by atoms with Gasteiger partial charge in [-0.3, -0.25) is 0 Å². The maximum atomic E-state index is 6.27. The first kappa shape index (κ1) is 14.4. The van der Waals surface area contributed by atoms with Gasteiger partial charge in [-0.1, -0.05) is 26.0 Å². The van der Waals surface area contributed by atoms with Crippen molar-refractivity contribution in [2.75, 3.05) is 7.05 Å². The van der Waals surface area contributed by atoms with E-state index in [-0.39, 0.29) is 0 Å². The molecule has 0 spiro atoms. The Kier molecular flexibility index (Phi) is 4.87. The molecule has 1 saturated carbocycles. The molecule has 0 radical (unpaired) electrons. The van der Waals surface area contributed by atoms with E-state index in [4.69, 9.17) is 4.74 Å². The van der Waals surface area contributed by atoms with Crippen LogP contribution >= 0.6 is 0 Å². The van der Waals surface area contributed by atoms with Gasteiger partial charge in [-0.25, -0.2) is 0 Å². The van der Waals surface area contributed by atoms with Gasteiger partial charge in [0.05, 0.1) is 0 Å². The van der Waals surface area contributed by atoms with E-state index in [9.17, 15) is 0 Å². The third-order valence-corrected chi connectivity index (χ3v) is 4.21. The summed E-state index contributed by atoms with van der Waals surface area (Å²) in [6.45, 7) is 6.59. The monoisotopic (exact) mass is 261 g/mol. The van der Waals surface area contributed by atoms with Crippen LogP contribution < -0.4 is 10.1 Å². The average molecular weight is 261 g/mol. The van der Waals surface area contributed by atoms with Gasteiger partial charge in [-0.2, -0.15) is 0 Å². The van der Waals surface area contributed by atoms with Gasteiger partial charge in [-0.15, -0.1) is 0 Å². The fourth-order valence-corrected chi connectivity index (χ4v) is 2.80. The SMILES string of the molecule is CNC1CCCC(Oc2cc(C(C)C)ccc2C)C1. The van der Waals surface area contributed by atoms with E-state index in [1.807, 2.05) is 0 Å². The molecule has 0 heterocycles. The molecule has 2 nitrogen and oxygen atoms in total. The molecular formula is C17H27NO. The molecular weight excluding hydrogens is 234 g/mol. The summed E-state index contributed by atoms with van der Waals surface area (Å²) in [4.78, 5) is 0. The summed E-state index contributed by atoms with van der Waals surface area (Å²) in [7, 11) is 2.05. The Morgan fingerprint density at radius 3 is 2.74 bits per heavy atom. The molecule has 0 saturated heterocycles. The van der Waals surface area contributed by atoms with Crippen LogP contribution in [0.4, 0.5) is 0 Å². The quantitative estimate of drug-likeness (QED) is 0.883. The largest absolute Gasteiger partial charge is 0.490 e. The minimum absolute atomic E-state index is 0.368. The first-order valence-corrected chi connectivity index (χ1v) is 7.54. The van der Waals surface area contributed by atoms with Crippen molar-refractivity contribution in [1.82, 2.24) is 5.32 Å². The standard InChI is InChI=1S/C17H27NO/c1-12(2)14-9-8-13(3)17(10-14)19-16-7-5-6-15(11-16)18-4/h8-10,12,15-16,18H,5-7,11H2,1-4H3. The minimum atomic E-state index is 0.368. The Hall–Kier alpha value is -1.02. The molecule has 0 aromatic heterocycles. The van der Waals surface area contributed by atoms with E-state index >= 15 is 0 Å². The van der Waals surface area contributed by atoms with Crippen molar-refractivity contribution in [3.63, 3.8) is 0 Å². The molecule has 1 fully saturated rings. The summed E-state index contributed by atoms with van der Waals surface area (Å²) >= 11 is 0. The molecule has 1 N–H and O–H groups in total. The third kappa shape index (κ3) is 3.73. The van der Waals surface area contributed by atoms with E-state index in [2.05, 4.69) is 51.3 Å². The smallest absolute Gasteiger partial charge is 0.122 e. The first-order chi connectivity index (χ1) is 9.10. The Labute approximate surface area is 117 Å². The molecule has 2 heteroatoms. The maximum Gasteiger partial charge on any atom is 0.122 e. The topological polar surface area (TPSA) is 21.3 Å².